The molecule has 1 heterocycles. The van der Waals surface area contributed by atoms with E-state index in [1.807, 2.05) is 11.8 Å². The van der Waals surface area contributed by atoms with Crippen molar-refractivity contribution >= 4 is 17.8 Å². The first-order chi connectivity index (χ1) is 7.78. The van der Waals surface area contributed by atoms with Gasteiger partial charge in [0, 0.05) is 5.41 Å². The van der Waals surface area contributed by atoms with Crippen LogP contribution in [0, 0.1) is 0 Å². The number of thioether (sulfide) groups is 1. The highest BCUT2D eigenvalue weighted by Crippen LogP contribution is 2.44. The lowest BCUT2D eigenvalue weighted by molar-refractivity contribution is 0.594. The van der Waals surface area contributed by atoms with E-state index in [2.05, 4.69) is 60.9 Å². The fourth-order valence-electron chi connectivity index (χ4n) is 2.49. The molecular weight excluding hydrogens is 212 g/mol. The molecule has 0 saturated carbocycles. The van der Waals surface area contributed by atoms with Crippen molar-refractivity contribution in [1.82, 2.24) is 0 Å². The van der Waals surface area contributed by atoms with Crippen molar-refractivity contribution in [2.75, 3.05) is 0 Å². The van der Waals surface area contributed by atoms with E-state index >= 15 is 0 Å². The second-order valence-corrected chi connectivity index (χ2v) is 5.63. The van der Waals surface area contributed by atoms with Crippen LogP contribution >= 0.6 is 11.8 Å². The minimum atomic E-state index is 0.165. The molecule has 2 bridgehead atoms. The Morgan fingerprint density at radius 1 is 1.19 bits per heavy atom. The Hall–Kier alpha value is -1.21. The molecule has 1 heteroatoms. The van der Waals surface area contributed by atoms with Crippen molar-refractivity contribution in [3.8, 4) is 0 Å². The minimum absolute atomic E-state index is 0.165. The summed E-state index contributed by atoms with van der Waals surface area (Å²) in [7, 11) is 0. The average Bonchev–Trinajstić information content (AvgIpc) is 2.27. The maximum absolute atomic E-state index is 2.33. The third kappa shape index (κ3) is 1.56. The van der Waals surface area contributed by atoms with Gasteiger partial charge in [-0.3, -0.25) is 0 Å². The summed E-state index contributed by atoms with van der Waals surface area (Å²) in [5.74, 6) is 0. The van der Waals surface area contributed by atoms with Crippen LogP contribution in [0.5, 0.6) is 0 Å². The lowest BCUT2D eigenvalue weighted by Gasteiger charge is -2.33. The van der Waals surface area contributed by atoms with Crippen molar-refractivity contribution in [3.63, 3.8) is 0 Å². The minimum Gasteiger partial charge on any atom is -0.102 e. The van der Waals surface area contributed by atoms with Gasteiger partial charge in [-0.25, -0.2) is 0 Å². The van der Waals surface area contributed by atoms with Crippen LogP contribution in [0.2, 0.25) is 0 Å². The van der Waals surface area contributed by atoms with Gasteiger partial charge in [0.2, 0.25) is 0 Å². The van der Waals surface area contributed by atoms with Crippen LogP contribution in [0.1, 0.15) is 24.5 Å². The Labute approximate surface area is 101 Å². The maximum Gasteiger partial charge on any atom is 0.0158 e. The predicted molar refractivity (Wildman–Crippen MR) is 72.3 cm³/mol. The van der Waals surface area contributed by atoms with E-state index in [0.29, 0.717) is 0 Å². The molecule has 2 aliphatic rings. The van der Waals surface area contributed by atoms with Crippen LogP contribution in [0.4, 0.5) is 0 Å². The summed E-state index contributed by atoms with van der Waals surface area (Å²) in [5, 5.41) is 2.16. The Kier molecular flexibility index (Phi) is 2.29. The van der Waals surface area contributed by atoms with Crippen LogP contribution in [0.3, 0.4) is 0 Å². The van der Waals surface area contributed by atoms with Crippen LogP contribution in [0.25, 0.3) is 6.08 Å². The zero-order chi connectivity index (χ0) is 11.0. The first-order valence-corrected chi connectivity index (χ1v) is 6.47. The second-order valence-electron chi connectivity index (χ2n) is 4.60. The van der Waals surface area contributed by atoms with Crippen molar-refractivity contribution in [3.05, 3.63) is 63.9 Å². The number of rotatable bonds is 0. The number of hydrogen-bond donors (Lipinski definition) is 0. The van der Waals surface area contributed by atoms with E-state index in [1.165, 1.54) is 16.0 Å². The SMILES string of the molecule is CC12C=CC=CSC(=Cc3ccccc31)C2. The summed E-state index contributed by atoms with van der Waals surface area (Å²) in [5.41, 5.74) is 2.99. The molecule has 0 nitrogen and oxygen atoms in total. The number of allylic oxidation sites excluding steroid dienone is 4. The van der Waals surface area contributed by atoms with E-state index in [-0.39, 0.29) is 5.41 Å². The van der Waals surface area contributed by atoms with Crippen molar-refractivity contribution in [2.45, 2.75) is 18.8 Å². The monoisotopic (exact) mass is 226 g/mol. The number of fused-ring (bicyclic) bond motifs is 4. The smallest absolute Gasteiger partial charge is 0.0158 e. The summed E-state index contributed by atoms with van der Waals surface area (Å²) < 4.78 is 0. The predicted octanol–water partition coefficient (Wildman–Crippen LogP) is 4.51. The van der Waals surface area contributed by atoms with Crippen molar-refractivity contribution in [2.24, 2.45) is 0 Å². The summed E-state index contributed by atoms with van der Waals surface area (Å²) >= 11 is 1.84. The molecule has 0 aromatic heterocycles. The molecule has 0 amide bonds. The van der Waals surface area contributed by atoms with Gasteiger partial charge in [-0.1, -0.05) is 49.4 Å². The van der Waals surface area contributed by atoms with Crippen molar-refractivity contribution < 1.29 is 0 Å². The lowest BCUT2D eigenvalue weighted by Crippen LogP contribution is -2.23. The van der Waals surface area contributed by atoms with Gasteiger partial charge < -0.3 is 0 Å². The molecule has 0 saturated heterocycles. The largest absolute Gasteiger partial charge is 0.102 e. The standard InChI is InChI=1S/C15H14S/c1-15-8-4-5-9-16-13(11-15)10-12-6-2-3-7-14(12)15/h2-10H,11H2,1H3. The molecule has 0 N–H and O–H groups in total. The summed E-state index contributed by atoms with van der Waals surface area (Å²) in [6.45, 7) is 2.33. The first-order valence-electron chi connectivity index (χ1n) is 5.59. The van der Waals surface area contributed by atoms with E-state index in [4.69, 9.17) is 0 Å². The van der Waals surface area contributed by atoms with E-state index in [9.17, 15) is 0 Å². The second kappa shape index (κ2) is 3.67. The zero-order valence-electron chi connectivity index (χ0n) is 9.31. The molecule has 1 aromatic rings. The van der Waals surface area contributed by atoms with Gasteiger partial charge in [-0.05, 0) is 33.9 Å². The van der Waals surface area contributed by atoms with Gasteiger partial charge >= 0.3 is 0 Å². The summed E-state index contributed by atoms with van der Waals surface area (Å²) in [6.07, 6.45) is 10.1. The molecule has 1 atom stereocenters. The quantitative estimate of drug-likeness (QED) is 0.627. The molecule has 1 aliphatic heterocycles. The van der Waals surface area contributed by atoms with Crippen LogP contribution in [-0.2, 0) is 5.41 Å². The Balaban J connectivity index is 2.24. The molecule has 1 aliphatic carbocycles. The molecule has 1 aromatic carbocycles. The number of hydrogen-bond acceptors (Lipinski definition) is 1. The summed E-state index contributed by atoms with van der Waals surface area (Å²) in [4.78, 5) is 1.46. The van der Waals surface area contributed by atoms with Gasteiger partial charge in [-0.2, -0.15) is 0 Å². The molecule has 3 rings (SSSR count). The van der Waals surface area contributed by atoms with E-state index in [0.717, 1.165) is 6.42 Å². The fraction of sp³-hybridized carbons (Fsp3) is 0.200. The van der Waals surface area contributed by atoms with Crippen molar-refractivity contribution in [1.29, 1.82) is 0 Å². The molecule has 80 valence electrons. The molecule has 16 heavy (non-hydrogen) atoms. The zero-order valence-corrected chi connectivity index (χ0v) is 10.1. The normalized spacial score (nSPS) is 26.7. The molecular formula is C15H14S. The first kappa shape index (κ1) is 9.98. The van der Waals surface area contributed by atoms with Gasteiger partial charge in [0.05, 0.1) is 0 Å². The maximum atomic E-state index is 2.33. The topological polar surface area (TPSA) is 0 Å². The van der Waals surface area contributed by atoms with Crippen LogP contribution < -0.4 is 0 Å². The average molecular weight is 226 g/mol. The highest BCUT2D eigenvalue weighted by Gasteiger charge is 2.30. The molecule has 0 spiro atoms. The highest BCUT2D eigenvalue weighted by molar-refractivity contribution is 8.05. The third-order valence-electron chi connectivity index (χ3n) is 3.31. The molecule has 0 fully saturated rings. The lowest BCUT2D eigenvalue weighted by atomic mass is 9.74. The Morgan fingerprint density at radius 3 is 3.00 bits per heavy atom. The van der Waals surface area contributed by atoms with Gasteiger partial charge in [0.15, 0.2) is 0 Å². The Bertz CT molecular complexity index is 508. The van der Waals surface area contributed by atoms with Crippen LogP contribution in [-0.4, -0.2) is 0 Å². The van der Waals surface area contributed by atoms with E-state index < -0.39 is 0 Å². The molecule has 0 radical (unpaired) electrons. The van der Waals surface area contributed by atoms with Gasteiger partial charge in [-0.15, -0.1) is 11.8 Å². The van der Waals surface area contributed by atoms with E-state index in [1.54, 1.807) is 0 Å². The number of benzene rings is 1. The third-order valence-corrected chi connectivity index (χ3v) is 4.17. The van der Waals surface area contributed by atoms with Crippen LogP contribution in [0.15, 0.2) is 52.8 Å². The fourth-order valence-corrected chi connectivity index (χ4v) is 3.41. The highest BCUT2D eigenvalue weighted by atomic mass is 32.2. The molecule has 1 unspecified atom stereocenters. The van der Waals surface area contributed by atoms with Gasteiger partial charge in [0.1, 0.15) is 0 Å². The Morgan fingerprint density at radius 2 is 2.06 bits per heavy atom. The van der Waals surface area contributed by atoms with Gasteiger partial charge in [0.25, 0.3) is 0 Å². The summed E-state index contributed by atoms with van der Waals surface area (Å²) in [6, 6.07) is 8.72.